The van der Waals surface area contributed by atoms with Crippen LogP contribution in [0.25, 0.3) is 0 Å². The van der Waals surface area contributed by atoms with E-state index in [0.717, 1.165) is 5.75 Å². The first-order chi connectivity index (χ1) is 9.58. The van der Waals surface area contributed by atoms with Gasteiger partial charge in [0.15, 0.2) is 0 Å². The summed E-state index contributed by atoms with van der Waals surface area (Å²) in [6.07, 6.45) is 5.16. The molecule has 2 nitrogen and oxygen atoms in total. The molecule has 0 amide bonds. The molecule has 0 aliphatic carbocycles. The van der Waals surface area contributed by atoms with Crippen molar-refractivity contribution < 1.29 is 4.74 Å². The van der Waals surface area contributed by atoms with Gasteiger partial charge in [0.1, 0.15) is 5.75 Å². The molecule has 114 valence electrons. The van der Waals surface area contributed by atoms with Crippen LogP contribution in [-0.2, 0) is 0 Å². The molecule has 1 atom stereocenters. The second-order valence-corrected chi connectivity index (χ2v) is 5.87. The molecule has 0 saturated heterocycles. The van der Waals surface area contributed by atoms with E-state index in [4.69, 9.17) is 4.74 Å². The zero-order valence-electron chi connectivity index (χ0n) is 13.8. The van der Waals surface area contributed by atoms with E-state index < -0.39 is 0 Å². The Morgan fingerprint density at radius 3 is 2.15 bits per heavy atom. The van der Waals surface area contributed by atoms with E-state index in [-0.39, 0.29) is 6.10 Å². The van der Waals surface area contributed by atoms with Crippen molar-refractivity contribution in [3.8, 4) is 5.75 Å². The Hall–Kier alpha value is -1.02. The fraction of sp³-hybridized carbons (Fsp3) is 0.667. The molecule has 0 aromatic heterocycles. The summed E-state index contributed by atoms with van der Waals surface area (Å²) in [5.74, 6) is 1.01. The molecule has 1 aromatic carbocycles. The van der Waals surface area contributed by atoms with Gasteiger partial charge in [-0.3, -0.25) is 0 Å². The minimum atomic E-state index is 0.213. The van der Waals surface area contributed by atoms with Crippen LogP contribution in [0.1, 0.15) is 71.9 Å². The molecule has 0 aliphatic heterocycles. The molecular formula is C18H31NO. The fourth-order valence-corrected chi connectivity index (χ4v) is 2.65. The lowest BCUT2D eigenvalue weighted by Gasteiger charge is -2.25. The van der Waals surface area contributed by atoms with Crippen molar-refractivity contribution in [3.05, 3.63) is 29.8 Å². The first-order valence-electron chi connectivity index (χ1n) is 8.10. The Labute approximate surface area is 124 Å². The lowest BCUT2D eigenvalue weighted by atomic mass is 10.0. The number of benzene rings is 1. The van der Waals surface area contributed by atoms with Crippen LogP contribution >= 0.6 is 0 Å². The third-order valence-electron chi connectivity index (χ3n) is 3.51. The molecule has 0 fully saturated rings. The van der Waals surface area contributed by atoms with Crippen molar-refractivity contribution in [2.24, 2.45) is 0 Å². The third kappa shape index (κ3) is 5.54. The molecule has 0 saturated carbocycles. The molecule has 1 unspecified atom stereocenters. The Bertz CT molecular complexity index is 369. The second kappa shape index (κ2) is 9.02. The molecule has 20 heavy (non-hydrogen) atoms. The smallest absolute Gasteiger partial charge is 0.124 e. The van der Waals surface area contributed by atoms with Crippen LogP contribution in [0.5, 0.6) is 5.75 Å². The zero-order valence-corrected chi connectivity index (χ0v) is 13.8. The third-order valence-corrected chi connectivity index (χ3v) is 3.51. The Kier molecular flexibility index (Phi) is 7.68. The van der Waals surface area contributed by atoms with Gasteiger partial charge in [-0.2, -0.15) is 0 Å². The number of hydrogen-bond acceptors (Lipinski definition) is 2. The molecule has 1 rings (SSSR count). The van der Waals surface area contributed by atoms with Crippen molar-refractivity contribution in [1.82, 2.24) is 5.32 Å². The summed E-state index contributed by atoms with van der Waals surface area (Å²) < 4.78 is 5.93. The second-order valence-electron chi connectivity index (χ2n) is 5.87. The highest BCUT2D eigenvalue weighted by molar-refractivity contribution is 5.35. The van der Waals surface area contributed by atoms with E-state index in [1.54, 1.807) is 0 Å². The largest absolute Gasteiger partial charge is 0.491 e. The summed E-state index contributed by atoms with van der Waals surface area (Å²) in [6, 6.07) is 9.31. The van der Waals surface area contributed by atoms with Gasteiger partial charge in [0.2, 0.25) is 0 Å². The van der Waals surface area contributed by atoms with E-state index in [9.17, 15) is 0 Å². The fourth-order valence-electron chi connectivity index (χ4n) is 2.65. The molecule has 1 N–H and O–H groups in total. The standard InChI is InChI=1S/C18H31NO/c1-6-10-16(11-7-2)19-15(5)17-12-8-9-13-18(17)20-14(3)4/h8-9,12-16,19H,6-7,10-11H2,1-5H3. The van der Waals surface area contributed by atoms with E-state index in [0.29, 0.717) is 12.1 Å². The first-order valence-corrected chi connectivity index (χ1v) is 8.10. The number of para-hydroxylation sites is 1. The van der Waals surface area contributed by atoms with Gasteiger partial charge in [0.25, 0.3) is 0 Å². The minimum absolute atomic E-state index is 0.213. The van der Waals surface area contributed by atoms with Gasteiger partial charge >= 0.3 is 0 Å². The molecule has 0 heterocycles. The number of nitrogens with one attached hydrogen (secondary N) is 1. The molecule has 0 radical (unpaired) electrons. The molecule has 0 aliphatic rings. The summed E-state index contributed by atoms with van der Waals surface area (Å²) in [5.41, 5.74) is 1.26. The Balaban J connectivity index is 2.77. The number of hydrogen-bond donors (Lipinski definition) is 1. The summed E-state index contributed by atoms with van der Waals surface area (Å²) >= 11 is 0. The van der Waals surface area contributed by atoms with E-state index in [1.165, 1.54) is 31.2 Å². The quantitative estimate of drug-likeness (QED) is 0.678. The van der Waals surface area contributed by atoms with Crippen LogP contribution < -0.4 is 10.1 Å². The van der Waals surface area contributed by atoms with Crippen LogP contribution in [-0.4, -0.2) is 12.1 Å². The van der Waals surface area contributed by atoms with Gasteiger partial charge in [-0.25, -0.2) is 0 Å². The topological polar surface area (TPSA) is 21.3 Å². The monoisotopic (exact) mass is 277 g/mol. The summed E-state index contributed by atoms with van der Waals surface area (Å²) in [7, 11) is 0. The normalized spacial score (nSPS) is 12.9. The molecular weight excluding hydrogens is 246 g/mol. The van der Waals surface area contributed by atoms with Gasteiger partial charge in [0, 0.05) is 17.6 Å². The predicted molar refractivity (Wildman–Crippen MR) is 87.4 cm³/mol. The van der Waals surface area contributed by atoms with Gasteiger partial charge in [-0.1, -0.05) is 44.9 Å². The molecule has 0 spiro atoms. The van der Waals surface area contributed by atoms with Crippen molar-refractivity contribution in [2.45, 2.75) is 78.5 Å². The molecule has 2 heteroatoms. The highest BCUT2D eigenvalue weighted by Gasteiger charge is 2.15. The lowest BCUT2D eigenvalue weighted by molar-refractivity contribution is 0.237. The predicted octanol–water partition coefficient (Wildman–Crippen LogP) is 5.09. The number of ether oxygens (including phenoxy) is 1. The summed E-state index contributed by atoms with van der Waals surface area (Å²) in [4.78, 5) is 0. The maximum atomic E-state index is 5.93. The van der Waals surface area contributed by atoms with Crippen LogP contribution in [0.2, 0.25) is 0 Å². The molecule has 0 bridgehead atoms. The lowest BCUT2D eigenvalue weighted by Crippen LogP contribution is -2.31. The Morgan fingerprint density at radius 1 is 1.00 bits per heavy atom. The van der Waals surface area contributed by atoms with E-state index in [1.807, 2.05) is 6.07 Å². The Morgan fingerprint density at radius 2 is 1.60 bits per heavy atom. The van der Waals surface area contributed by atoms with E-state index >= 15 is 0 Å². The first kappa shape index (κ1) is 17.0. The summed E-state index contributed by atoms with van der Waals surface area (Å²) in [5, 5.41) is 3.77. The van der Waals surface area contributed by atoms with Crippen molar-refractivity contribution in [1.29, 1.82) is 0 Å². The van der Waals surface area contributed by atoms with Crippen molar-refractivity contribution in [2.75, 3.05) is 0 Å². The average molecular weight is 277 g/mol. The van der Waals surface area contributed by atoms with Gasteiger partial charge in [0.05, 0.1) is 6.10 Å². The van der Waals surface area contributed by atoms with Gasteiger partial charge in [-0.15, -0.1) is 0 Å². The SMILES string of the molecule is CCCC(CCC)NC(C)c1ccccc1OC(C)C. The van der Waals surface area contributed by atoms with Gasteiger partial charge < -0.3 is 10.1 Å². The van der Waals surface area contributed by atoms with Crippen LogP contribution in [0.3, 0.4) is 0 Å². The highest BCUT2D eigenvalue weighted by Crippen LogP contribution is 2.26. The maximum Gasteiger partial charge on any atom is 0.124 e. The maximum absolute atomic E-state index is 5.93. The van der Waals surface area contributed by atoms with Crippen LogP contribution in [0, 0.1) is 0 Å². The average Bonchev–Trinajstić information content (AvgIpc) is 2.39. The van der Waals surface area contributed by atoms with Crippen molar-refractivity contribution in [3.63, 3.8) is 0 Å². The van der Waals surface area contributed by atoms with Gasteiger partial charge in [-0.05, 0) is 39.7 Å². The van der Waals surface area contributed by atoms with Crippen molar-refractivity contribution >= 4 is 0 Å². The van der Waals surface area contributed by atoms with Crippen LogP contribution in [0.4, 0.5) is 0 Å². The minimum Gasteiger partial charge on any atom is -0.491 e. The summed E-state index contributed by atoms with van der Waals surface area (Å²) in [6.45, 7) is 10.9. The zero-order chi connectivity index (χ0) is 15.0. The highest BCUT2D eigenvalue weighted by atomic mass is 16.5. The van der Waals surface area contributed by atoms with Crippen LogP contribution in [0.15, 0.2) is 24.3 Å². The number of rotatable bonds is 9. The molecule has 1 aromatic rings. The van der Waals surface area contributed by atoms with E-state index in [2.05, 4.69) is 58.1 Å².